The molecule has 0 spiro atoms. The highest BCUT2D eigenvalue weighted by atomic mass is 79.9. The Morgan fingerprint density at radius 3 is 2.70 bits per heavy atom. The SMILES string of the molecule is C=CCN(CCC)Cc1ccc(CNCCC)cc1Br. The van der Waals surface area contributed by atoms with Gasteiger partial charge in [0, 0.05) is 24.1 Å². The summed E-state index contributed by atoms with van der Waals surface area (Å²) in [6.07, 6.45) is 4.32. The highest BCUT2D eigenvalue weighted by Crippen LogP contribution is 2.20. The molecule has 0 unspecified atom stereocenters. The summed E-state index contributed by atoms with van der Waals surface area (Å²) in [4.78, 5) is 2.42. The molecule has 0 aliphatic carbocycles. The smallest absolute Gasteiger partial charge is 0.0248 e. The Hall–Kier alpha value is -0.640. The maximum Gasteiger partial charge on any atom is 0.0248 e. The largest absolute Gasteiger partial charge is 0.313 e. The van der Waals surface area contributed by atoms with Crippen LogP contribution in [0, 0.1) is 0 Å². The van der Waals surface area contributed by atoms with Gasteiger partial charge in [-0.2, -0.15) is 0 Å². The molecule has 0 saturated carbocycles. The molecule has 0 aliphatic heterocycles. The van der Waals surface area contributed by atoms with Crippen LogP contribution in [-0.2, 0) is 13.1 Å². The highest BCUT2D eigenvalue weighted by molar-refractivity contribution is 9.10. The predicted octanol–water partition coefficient (Wildman–Crippen LogP) is 4.35. The van der Waals surface area contributed by atoms with E-state index in [4.69, 9.17) is 0 Å². The normalized spacial score (nSPS) is 11.0. The van der Waals surface area contributed by atoms with E-state index >= 15 is 0 Å². The van der Waals surface area contributed by atoms with E-state index in [0.717, 1.165) is 32.7 Å². The highest BCUT2D eigenvalue weighted by Gasteiger charge is 2.07. The lowest BCUT2D eigenvalue weighted by atomic mass is 10.1. The van der Waals surface area contributed by atoms with Crippen molar-refractivity contribution in [3.05, 3.63) is 46.5 Å². The van der Waals surface area contributed by atoms with Crippen LogP contribution in [0.15, 0.2) is 35.3 Å². The van der Waals surface area contributed by atoms with Crippen LogP contribution in [0.25, 0.3) is 0 Å². The third-order valence-corrected chi connectivity index (χ3v) is 3.93. The minimum absolute atomic E-state index is 0.943. The minimum atomic E-state index is 0.943. The van der Waals surface area contributed by atoms with Crippen LogP contribution in [0.5, 0.6) is 0 Å². The average molecular weight is 339 g/mol. The molecular weight excluding hydrogens is 312 g/mol. The molecule has 0 aliphatic rings. The van der Waals surface area contributed by atoms with Gasteiger partial charge in [0.15, 0.2) is 0 Å². The lowest BCUT2D eigenvalue weighted by Crippen LogP contribution is -2.24. The number of hydrogen-bond donors (Lipinski definition) is 1. The molecule has 0 bridgehead atoms. The van der Waals surface area contributed by atoms with Gasteiger partial charge < -0.3 is 5.32 Å². The summed E-state index contributed by atoms with van der Waals surface area (Å²) < 4.78 is 1.21. The first-order valence-corrected chi connectivity index (χ1v) is 8.31. The van der Waals surface area contributed by atoms with Crippen LogP contribution in [0.1, 0.15) is 37.8 Å². The number of rotatable bonds is 10. The molecule has 0 amide bonds. The summed E-state index contributed by atoms with van der Waals surface area (Å²) in [6, 6.07) is 6.69. The van der Waals surface area contributed by atoms with Gasteiger partial charge in [-0.3, -0.25) is 4.90 Å². The standard InChI is InChI=1S/C17H27BrN2/c1-4-9-19-13-15-7-8-16(17(18)12-15)14-20(10-5-2)11-6-3/h5,7-8,12,19H,2,4,6,9-11,13-14H2,1,3H3. The van der Waals surface area contributed by atoms with E-state index in [9.17, 15) is 0 Å². The lowest BCUT2D eigenvalue weighted by Gasteiger charge is -2.21. The number of benzene rings is 1. The molecule has 112 valence electrons. The number of nitrogens with zero attached hydrogens (tertiary/aromatic N) is 1. The quantitative estimate of drug-likeness (QED) is 0.504. The van der Waals surface area contributed by atoms with Crippen LogP contribution in [0.4, 0.5) is 0 Å². The summed E-state index contributed by atoms with van der Waals surface area (Å²) in [7, 11) is 0. The van der Waals surface area contributed by atoms with Crippen molar-refractivity contribution in [2.75, 3.05) is 19.6 Å². The molecule has 0 fully saturated rings. The molecule has 0 saturated heterocycles. The molecule has 1 aromatic carbocycles. The molecular formula is C17H27BrN2. The van der Waals surface area contributed by atoms with Crippen LogP contribution < -0.4 is 5.32 Å². The van der Waals surface area contributed by atoms with Crippen molar-refractivity contribution in [2.24, 2.45) is 0 Å². The van der Waals surface area contributed by atoms with E-state index in [0.29, 0.717) is 0 Å². The van der Waals surface area contributed by atoms with Gasteiger partial charge in [-0.15, -0.1) is 6.58 Å². The molecule has 0 heterocycles. The fraction of sp³-hybridized carbons (Fsp3) is 0.529. The summed E-state index contributed by atoms with van der Waals surface area (Å²) in [5.74, 6) is 0. The number of hydrogen-bond acceptors (Lipinski definition) is 2. The molecule has 3 heteroatoms. The first-order chi connectivity index (χ1) is 9.71. The first kappa shape index (κ1) is 17.4. The van der Waals surface area contributed by atoms with Crippen LogP contribution >= 0.6 is 15.9 Å². The second-order valence-electron chi connectivity index (χ2n) is 5.13. The van der Waals surface area contributed by atoms with Crippen molar-refractivity contribution in [1.29, 1.82) is 0 Å². The fourth-order valence-electron chi connectivity index (χ4n) is 2.21. The van der Waals surface area contributed by atoms with E-state index < -0.39 is 0 Å². The second kappa shape index (κ2) is 10.1. The maximum absolute atomic E-state index is 3.84. The van der Waals surface area contributed by atoms with E-state index in [2.05, 4.69) is 64.8 Å². The fourth-order valence-corrected chi connectivity index (χ4v) is 2.76. The average Bonchev–Trinajstić information content (AvgIpc) is 2.42. The Bertz CT molecular complexity index is 404. The van der Waals surface area contributed by atoms with Crippen molar-refractivity contribution in [1.82, 2.24) is 10.2 Å². The molecule has 0 atom stereocenters. The van der Waals surface area contributed by atoms with Crippen molar-refractivity contribution in [3.63, 3.8) is 0 Å². The van der Waals surface area contributed by atoms with Crippen molar-refractivity contribution in [2.45, 2.75) is 39.8 Å². The van der Waals surface area contributed by atoms with Gasteiger partial charge in [0.2, 0.25) is 0 Å². The van der Waals surface area contributed by atoms with Gasteiger partial charge in [0.1, 0.15) is 0 Å². The number of halogens is 1. The Morgan fingerprint density at radius 2 is 2.10 bits per heavy atom. The molecule has 1 aromatic rings. The van der Waals surface area contributed by atoms with Gasteiger partial charge in [-0.25, -0.2) is 0 Å². The van der Waals surface area contributed by atoms with Crippen molar-refractivity contribution >= 4 is 15.9 Å². The molecule has 1 N–H and O–H groups in total. The summed E-state index contributed by atoms with van der Waals surface area (Å²) in [5, 5.41) is 3.43. The Labute approximate surface area is 132 Å². The topological polar surface area (TPSA) is 15.3 Å². The van der Waals surface area contributed by atoms with E-state index in [1.165, 1.54) is 28.4 Å². The van der Waals surface area contributed by atoms with Crippen LogP contribution in [0.2, 0.25) is 0 Å². The zero-order valence-electron chi connectivity index (χ0n) is 12.8. The molecule has 0 radical (unpaired) electrons. The minimum Gasteiger partial charge on any atom is -0.313 e. The van der Waals surface area contributed by atoms with Gasteiger partial charge in [0.25, 0.3) is 0 Å². The van der Waals surface area contributed by atoms with Gasteiger partial charge in [-0.05, 0) is 43.1 Å². The Morgan fingerprint density at radius 1 is 1.30 bits per heavy atom. The van der Waals surface area contributed by atoms with Crippen molar-refractivity contribution in [3.8, 4) is 0 Å². The molecule has 0 aromatic heterocycles. The predicted molar refractivity (Wildman–Crippen MR) is 91.9 cm³/mol. The first-order valence-electron chi connectivity index (χ1n) is 7.52. The molecule has 2 nitrogen and oxygen atoms in total. The van der Waals surface area contributed by atoms with Crippen LogP contribution in [-0.4, -0.2) is 24.5 Å². The second-order valence-corrected chi connectivity index (χ2v) is 5.98. The zero-order valence-corrected chi connectivity index (χ0v) is 14.4. The molecule has 20 heavy (non-hydrogen) atoms. The van der Waals surface area contributed by atoms with Gasteiger partial charge in [0.05, 0.1) is 0 Å². The lowest BCUT2D eigenvalue weighted by molar-refractivity contribution is 0.294. The maximum atomic E-state index is 3.84. The monoisotopic (exact) mass is 338 g/mol. The number of nitrogens with one attached hydrogen (secondary N) is 1. The van der Waals surface area contributed by atoms with Gasteiger partial charge in [-0.1, -0.05) is 48.0 Å². The summed E-state index contributed by atoms with van der Waals surface area (Å²) >= 11 is 3.71. The van der Waals surface area contributed by atoms with E-state index in [1.807, 2.05) is 6.08 Å². The van der Waals surface area contributed by atoms with Crippen molar-refractivity contribution < 1.29 is 0 Å². The third-order valence-electron chi connectivity index (χ3n) is 3.19. The summed E-state index contributed by atoms with van der Waals surface area (Å²) in [5.41, 5.74) is 2.68. The van der Waals surface area contributed by atoms with E-state index in [1.54, 1.807) is 0 Å². The summed E-state index contributed by atoms with van der Waals surface area (Å²) in [6.45, 7) is 13.3. The third kappa shape index (κ3) is 6.21. The Balaban J connectivity index is 2.63. The van der Waals surface area contributed by atoms with E-state index in [-0.39, 0.29) is 0 Å². The zero-order chi connectivity index (χ0) is 14.8. The van der Waals surface area contributed by atoms with Gasteiger partial charge >= 0.3 is 0 Å². The Kier molecular flexibility index (Phi) is 8.83. The molecule has 1 rings (SSSR count). The van der Waals surface area contributed by atoms with Crippen LogP contribution in [0.3, 0.4) is 0 Å².